The van der Waals surface area contributed by atoms with E-state index in [1.165, 1.54) is 0 Å². The van der Waals surface area contributed by atoms with Gasteiger partial charge in [0, 0.05) is 51.2 Å². The van der Waals surface area contributed by atoms with Crippen molar-refractivity contribution >= 4 is 17.1 Å². The molecular formula is C25H27N5O2. The molecule has 7 heteroatoms. The predicted octanol–water partition coefficient (Wildman–Crippen LogP) is 2.63. The number of carbonyl (C=O) groups excluding carboxylic acids is 1. The number of hydrogen-bond acceptors (Lipinski definition) is 5. The third-order valence-electron chi connectivity index (χ3n) is 5.86. The molecule has 1 fully saturated rings. The number of pyridine rings is 2. The van der Waals surface area contributed by atoms with Crippen LogP contribution in [0.4, 0.5) is 5.69 Å². The fraction of sp³-hybridized carbons (Fsp3) is 0.320. The summed E-state index contributed by atoms with van der Waals surface area (Å²) in [5.41, 5.74) is 3.49. The smallest absolute Gasteiger partial charge is 0.267 e. The number of hydrogen-bond donors (Lipinski definition) is 1. The van der Waals surface area contributed by atoms with Crippen LogP contribution in [0.5, 0.6) is 0 Å². The molecule has 1 amide bonds. The number of piperazine rings is 1. The fourth-order valence-corrected chi connectivity index (χ4v) is 4.10. The number of benzene rings is 1. The highest BCUT2D eigenvalue weighted by Gasteiger charge is 2.20. The van der Waals surface area contributed by atoms with Crippen LogP contribution in [-0.4, -0.2) is 47.9 Å². The summed E-state index contributed by atoms with van der Waals surface area (Å²) in [7, 11) is 0. The first-order valence-electron chi connectivity index (χ1n) is 11.0. The highest BCUT2D eigenvalue weighted by molar-refractivity contribution is 5.94. The lowest BCUT2D eigenvalue weighted by Crippen LogP contribution is -2.46. The number of nitriles is 1. The van der Waals surface area contributed by atoms with Crippen molar-refractivity contribution in [3.63, 3.8) is 0 Å². The Labute approximate surface area is 187 Å². The van der Waals surface area contributed by atoms with E-state index in [0.29, 0.717) is 18.7 Å². The van der Waals surface area contributed by atoms with Gasteiger partial charge in [0.1, 0.15) is 5.56 Å². The van der Waals surface area contributed by atoms with Crippen molar-refractivity contribution in [1.29, 1.82) is 5.26 Å². The molecule has 7 nitrogen and oxygen atoms in total. The molecule has 3 aromatic rings. The van der Waals surface area contributed by atoms with Crippen LogP contribution in [0.2, 0.25) is 0 Å². The maximum Gasteiger partial charge on any atom is 0.267 e. The highest BCUT2D eigenvalue weighted by Crippen LogP contribution is 2.19. The monoisotopic (exact) mass is 429 g/mol. The summed E-state index contributed by atoms with van der Waals surface area (Å²) >= 11 is 0. The molecule has 0 bridgehead atoms. The van der Waals surface area contributed by atoms with E-state index in [4.69, 9.17) is 5.26 Å². The number of nitrogens with zero attached hydrogens (tertiary/aromatic N) is 4. The van der Waals surface area contributed by atoms with Gasteiger partial charge in [0.15, 0.2) is 0 Å². The van der Waals surface area contributed by atoms with Gasteiger partial charge < -0.3 is 10.2 Å². The molecule has 0 aliphatic carbocycles. The van der Waals surface area contributed by atoms with Crippen LogP contribution in [0, 0.1) is 11.3 Å². The summed E-state index contributed by atoms with van der Waals surface area (Å²) in [6, 6.07) is 17.2. The van der Waals surface area contributed by atoms with E-state index < -0.39 is 0 Å². The van der Waals surface area contributed by atoms with Crippen LogP contribution in [0.25, 0.3) is 5.52 Å². The number of carbonyl (C=O) groups is 1. The van der Waals surface area contributed by atoms with Gasteiger partial charge in [-0.05, 0) is 54.4 Å². The SMILES string of the molecule is CCCNC(=O)c1cc(CN2CCN(c3ccc(C#N)cc3)CC2)c2ccccn2c1=O. The third kappa shape index (κ3) is 4.51. The molecule has 32 heavy (non-hydrogen) atoms. The molecule has 0 spiro atoms. The van der Waals surface area contributed by atoms with Crippen LogP contribution in [0.3, 0.4) is 0 Å². The van der Waals surface area contributed by atoms with Crippen LogP contribution in [0.1, 0.15) is 34.8 Å². The van der Waals surface area contributed by atoms with E-state index in [9.17, 15) is 9.59 Å². The Bertz CT molecular complexity index is 1200. The van der Waals surface area contributed by atoms with Gasteiger partial charge in [-0.2, -0.15) is 5.26 Å². The van der Waals surface area contributed by atoms with Gasteiger partial charge in [0.05, 0.1) is 17.1 Å². The van der Waals surface area contributed by atoms with Crippen molar-refractivity contribution in [1.82, 2.24) is 14.6 Å². The first kappa shape index (κ1) is 21.6. The first-order valence-corrected chi connectivity index (χ1v) is 11.0. The Balaban J connectivity index is 1.53. The summed E-state index contributed by atoms with van der Waals surface area (Å²) in [4.78, 5) is 30.1. The minimum absolute atomic E-state index is 0.188. The predicted molar refractivity (Wildman–Crippen MR) is 125 cm³/mol. The average molecular weight is 430 g/mol. The molecule has 1 saturated heterocycles. The molecular weight excluding hydrogens is 402 g/mol. The maximum absolute atomic E-state index is 12.9. The Hall–Kier alpha value is -3.63. The lowest BCUT2D eigenvalue weighted by Gasteiger charge is -2.36. The van der Waals surface area contributed by atoms with Crippen LogP contribution in [-0.2, 0) is 6.54 Å². The van der Waals surface area contributed by atoms with E-state index >= 15 is 0 Å². The van der Waals surface area contributed by atoms with Gasteiger partial charge in [0.2, 0.25) is 0 Å². The summed E-state index contributed by atoms with van der Waals surface area (Å²) in [5, 5.41) is 11.8. The van der Waals surface area contributed by atoms with Gasteiger partial charge in [-0.1, -0.05) is 13.0 Å². The van der Waals surface area contributed by atoms with Gasteiger partial charge in [-0.25, -0.2) is 0 Å². The van der Waals surface area contributed by atoms with E-state index in [1.54, 1.807) is 16.7 Å². The topological polar surface area (TPSA) is 80.8 Å². The largest absolute Gasteiger partial charge is 0.369 e. The minimum Gasteiger partial charge on any atom is -0.369 e. The molecule has 0 atom stereocenters. The average Bonchev–Trinajstić information content (AvgIpc) is 2.85. The second-order valence-electron chi connectivity index (χ2n) is 8.02. The lowest BCUT2D eigenvalue weighted by molar-refractivity contribution is 0.0952. The van der Waals surface area contributed by atoms with Crippen molar-refractivity contribution < 1.29 is 4.79 Å². The zero-order valence-electron chi connectivity index (χ0n) is 18.3. The van der Waals surface area contributed by atoms with Gasteiger partial charge in [-0.15, -0.1) is 0 Å². The minimum atomic E-state index is -0.318. The molecule has 0 saturated carbocycles. The quantitative estimate of drug-likeness (QED) is 0.652. The zero-order chi connectivity index (χ0) is 22.5. The Kier molecular flexibility index (Phi) is 6.52. The maximum atomic E-state index is 12.9. The number of fused-ring (bicyclic) bond motifs is 1. The molecule has 0 unspecified atom stereocenters. The normalized spacial score (nSPS) is 14.3. The van der Waals surface area contributed by atoms with Gasteiger partial charge >= 0.3 is 0 Å². The lowest BCUT2D eigenvalue weighted by atomic mass is 10.1. The number of amides is 1. The molecule has 1 N–H and O–H groups in total. The zero-order valence-corrected chi connectivity index (χ0v) is 18.3. The Morgan fingerprint density at radius 2 is 1.84 bits per heavy atom. The summed E-state index contributed by atoms with van der Waals surface area (Å²) in [6.07, 6.45) is 2.54. The Morgan fingerprint density at radius 1 is 1.09 bits per heavy atom. The van der Waals surface area contributed by atoms with Crippen LogP contribution >= 0.6 is 0 Å². The Morgan fingerprint density at radius 3 is 2.53 bits per heavy atom. The standard InChI is InChI=1S/C25H27N5O2/c1-2-10-27-24(31)22-16-20(23-5-3-4-11-30(23)25(22)32)18-28-12-14-29(15-13-28)21-8-6-19(17-26)7-9-21/h3-9,11,16H,2,10,12-15,18H2,1H3,(H,27,31). The molecule has 164 valence electrons. The molecule has 2 aromatic heterocycles. The van der Waals surface area contributed by atoms with Gasteiger partial charge in [0.25, 0.3) is 11.5 Å². The van der Waals surface area contributed by atoms with Crippen LogP contribution in [0.15, 0.2) is 59.5 Å². The van der Waals surface area contributed by atoms with Crippen molar-refractivity contribution in [2.45, 2.75) is 19.9 Å². The van der Waals surface area contributed by atoms with Crippen molar-refractivity contribution in [2.75, 3.05) is 37.6 Å². The van der Waals surface area contributed by atoms with E-state index in [-0.39, 0.29) is 17.0 Å². The molecule has 1 aliphatic heterocycles. The molecule has 4 rings (SSSR count). The molecule has 1 aromatic carbocycles. The third-order valence-corrected chi connectivity index (χ3v) is 5.86. The van der Waals surface area contributed by atoms with E-state index in [2.05, 4.69) is 21.2 Å². The van der Waals surface area contributed by atoms with Crippen molar-refractivity contribution in [3.8, 4) is 6.07 Å². The second kappa shape index (κ2) is 9.67. The summed E-state index contributed by atoms with van der Waals surface area (Å²) < 4.78 is 1.57. The van der Waals surface area contributed by atoms with Crippen molar-refractivity contribution in [2.24, 2.45) is 0 Å². The summed E-state index contributed by atoms with van der Waals surface area (Å²) in [5.74, 6) is -0.318. The molecule has 0 radical (unpaired) electrons. The van der Waals surface area contributed by atoms with Crippen molar-refractivity contribution in [3.05, 3.63) is 81.8 Å². The number of nitrogens with one attached hydrogen (secondary N) is 1. The fourth-order valence-electron chi connectivity index (χ4n) is 4.10. The summed E-state index contributed by atoms with van der Waals surface area (Å²) in [6.45, 7) is 6.69. The van der Waals surface area contributed by atoms with E-state index in [1.807, 2.05) is 49.4 Å². The second-order valence-corrected chi connectivity index (χ2v) is 8.02. The highest BCUT2D eigenvalue weighted by atomic mass is 16.2. The van der Waals surface area contributed by atoms with E-state index in [0.717, 1.165) is 49.4 Å². The van der Waals surface area contributed by atoms with Gasteiger partial charge in [-0.3, -0.25) is 18.9 Å². The molecule has 3 heterocycles. The number of rotatable bonds is 6. The van der Waals surface area contributed by atoms with Crippen LogP contribution < -0.4 is 15.8 Å². The number of aromatic nitrogens is 1. The molecule has 1 aliphatic rings. The number of anilines is 1. The first-order chi connectivity index (χ1) is 15.6.